The summed E-state index contributed by atoms with van der Waals surface area (Å²) >= 11 is 0. The van der Waals surface area contributed by atoms with E-state index in [-0.39, 0.29) is 24.0 Å². The standard InChI is InChI=1S/C21H28N2O4S/c1-4-5-11-23(12-13-24)21(25)20-15-19(10-9-17(20)3)28(26,27)22-18-8-6-7-16(2)14-18/h6-10,14-15,22,24H,4-5,11-13H2,1-3H3. The highest BCUT2D eigenvalue weighted by molar-refractivity contribution is 7.92. The van der Waals surface area contributed by atoms with Gasteiger partial charge in [-0.15, -0.1) is 0 Å². The summed E-state index contributed by atoms with van der Waals surface area (Å²) in [5, 5.41) is 9.27. The first kappa shape index (κ1) is 21.9. The lowest BCUT2D eigenvalue weighted by Crippen LogP contribution is -2.35. The molecule has 1 amide bonds. The third-order valence-corrected chi connectivity index (χ3v) is 5.84. The Labute approximate surface area is 167 Å². The number of carbonyl (C=O) groups is 1. The number of benzene rings is 2. The summed E-state index contributed by atoms with van der Waals surface area (Å²) in [6.07, 6.45) is 1.74. The minimum atomic E-state index is -3.83. The van der Waals surface area contributed by atoms with Crippen molar-refractivity contribution in [2.75, 3.05) is 24.4 Å². The first-order valence-electron chi connectivity index (χ1n) is 9.38. The number of hydrogen-bond donors (Lipinski definition) is 2. The number of sulfonamides is 1. The van der Waals surface area contributed by atoms with Crippen molar-refractivity contribution in [2.24, 2.45) is 0 Å². The molecule has 0 aliphatic rings. The molecule has 2 rings (SSSR count). The molecular formula is C21H28N2O4S. The van der Waals surface area contributed by atoms with Crippen molar-refractivity contribution in [2.45, 2.75) is 38.5 Å². The van der Waals surface area contributed by atoms with Crippen molar-refractivity contribution in [1.82, 2.24) is 4.90 Å². The Kier molecular flexibility index (Phi) is 7.60. The number of nitrogens with one attached hydrogen (secondary N) is 1. The first-order valence-corrected chi connectivity index (χ1v) is 10.9. The van der Waals surface area contributed by atoms with Crippen molar-refractivity contribution >= 4 is 21.6 Å². The summed E-state index contributed by atoms with van der Waals surface area (Å²) in [5.74, 6) is -0.271. The maximum Gasteiger partial charge on any atom is 0.261 e. The van der Waals surface area contributed by atoms with Crippen LogP contribution in [0.1, 0.15) is 41.3 Å². The van der Waals surface area contributed by atoms with Gasteiger partial charge >= 0.3 is 0 Å². The molecule has 0 aromatic heterocycles. The van der Waals surface area contributed by atoms with Gasteiger partial charge in [-0.1, -0.05) is 31.5 Å². The van der Waals surface area contributed by atoms with Crippen LogP contribution in [-0.2, 0) is 10.0 Å². The molecule has 0 aliphatic heterocycles. The van der Waals surface area contributed by atoms with E-state index in [1.807, 2.05) is 19.9 Å². The molecule has 6 nitrogen and oxygen atoms in total. The monoisotopic (exact) mass is 404 g/mol. The van der Waals surface area contributed by atoms with Crippen molar-refractivity contribution in [3.05, 3.63) is 59.2 Å². The molecule has 0 radical (unpaired) electrons. The number of aliphatic hydroxyl groups is 1. The average Bonchev–Trinajstić information content (AvgIpc) is 2.64. The second-order valence-corrected chi connectivity index (χ2v) is 8.50. The SMILES string of the molecule is CCCCN(CCO)C(=O)c1cc(S(=O)(=O)Nc2cccc(C)c2)ccc1C. The van der Waals surface area contributed by atoms with E-state index in [2.05, 4.69) is 4.72 Å². The zero-order valence-corrected chi connectivity index (χ0v) is 17.4. The molecule has 0 unspecified atom stereocenters. The topological polar surface area (TPSA) is 86.7 Å². The second kappa shape index (κ2) is 9.71. The van der Waals surface area contributed by atoms with E-state index in [0.717, 1.165) is 18.4 Å². The number of hydrogen-bond acceptors (Lipinski definition) is 4. The number of nitrogens with zero attached hydrogens (tertiary/aromatic N) is 1. The summed E-state index contributed by atoms with van der Waals surface area (Å²) < 4.78 is 28.1. The van der Waals surface area contributed by atoms with Gasteiger partial charge in [-0.25, -0.2) is 8.42 Å². The molecule has 0 spiro atoms. The van der Waals surface area contributed by atoms with Crippen LogP contribution >= 0.6 is 0 Å². The Bertz CT molecular complexity index is 926. The molecule has 0 fully saturated rings. The smallest absolute Gasteiger partial charge is 0.261 e. The van der Waals surface area contributed by atoms with Crippen molar-refractivity contribution in [3.8, 4) is 0 Å². The predicted molar refractivity (Wildman–Crippen MR) is 111 cm³/mol. The number of carbonyl (C=O) groups excluding carboxylic acids is 1. The number of amides is 1. The lowest BCUT2D eigenvalue weighted by atomic mass is 10.1. The molecule has 0 bridgehead atoms. The van der Waals surface area contributed by atoms with Gasteiger partial charge < -0.3 is 10.0 Å². The third-order valence-electron chi connectivity index (χ3n) is 4.46. The van der Waals surface area contributed by atoms with E-state index in [9.17, 15) is 18.3 Å². The van der Waals surface area contributed by atoms with Gasteiger partial charge in [0.2, 0.25) is 0 Å². The van der Waals surface area contributed by atoms with E-state index in [1.165, 1.54) is 12.1 Å². The summed E-state index contributed by atoms with van der Waals surface area (Å²) in [5.41, 5.74) is 2.43. The van der Waals surface area contributed by atoms with Gasteiger partial charge in [0.05, 0.1) is 11.5 Å². The van der Waals surface area contributed by atoms with Gasteiger partial charge in [-0.05, 0) is 55.7 Å². The maximum absolute atomic E-state index is 12.9. The predicted octanol–water partition coefficient (Wildman–Crippen LogP) is 3.34. The lowest BCUT2D eigenvalue weighted by Gasteiger charge is -2.23. The van der Waals surface area contributed by atoms with Gasteiger partial charge in [0, 0.05) is 24.3 Å². The Balaban J connectivity index is 2.34. The molecule has 0 saturated carbocycles. The van der Waals surface area contributed by atoms with E-state index in [4.69, 9.17) is 0 Å². The molecule has 0 aliphatic carbocycles. The molecule has 2 N–H and O–H groups in total. The van der Waals surface area contributed by atoms with Crippen molar-refractivity contribution < 1.29 is 18.3 Å². The van der Waals surface area contributed by atoms with Crippen LogP contribution in [0.3, 0.4) is 0 Å². The van der Waals surface area contributed by atoms with Crippen LogP contribution in [0.15, 0.2) is 47.4 Å². The minimum absolute atomic E-state index is 0.0300. The third kappa shape index (κ3) is 5.56. The zero-order chi connectivity index (χ0) is 20.7. The molecule has 7 heteroatoms. The number of anilines is 1. The Hall–Kier alpha value is -2.38. The Morgan fingerprint density at radius 2 is 1.86 bits per heavy atom. The molecule has 0 atom stereocenters. The number of rotatable bonds is 9. The van der Waals surface area contributed by atoms with Gasteiger partial charge in [-0.2, -0.15) is 0 Å². The van der Waals surface area contributed by atoms with Crippen LogP contribution in [0.25, 0.3) is 0 Å². The van der Waals surface area contributed by atoms with E-state index < -0.39 is 10.0 Å². The summed E-state index contributed by atoms with van der Waals surface area (Å²) in [4.78, 5) is 14.5. The Morgan fingerprint density at radius 3 is 2.50 bits per heavy atom. The van der Waals surface area contributed by atoms with E-state index in [1.54, 1.807) is 36.1 Å². The molecule has 152 valence electrons. The maximum atomic E-state index is 12.9. The molecule has 0 heterocycles. The Morgan fingerprint density at radius 1 is 1.11 bits per heavy atom. The van der Waals surface area contributed by atoms with Crippen LogP contribution < -0.4 is 4.72 Å². The lowest BCUT2D eigenvalue weighted by molar-refractivity contribution is 0.0718. The fourth-order valence-electron chi connectivity index (χ4n) is 2.88. The summed E-state index contributed by atoms with van der Waals surface area (Å²) in [6.45, 7) is 6.28. The van der Waals surface area contributed by atoms with Crippen LogP contribution in [0.4, 0.5) is 5.69 Å². The van der Waals surface area contributed by atoms with Crippen LogP contribution in [0, 0.1) is 13.8 Å². The number of unbranched alkanes of at least 4 members (excludes halogenated alkanes) is 1. The van der Waals surface area contributed by atoms with E-state index in [0.29, 0.717) is 23.4 Å². The van der Waals surface area contributed by atoms with Crippen LogP contribution in [-0.4, -0.2) is 44.0 Å². The summed E-state index contributed by atoms with van der Waals surface area (Å²) in [7, 11) is -3.83. The number of aliphatic hydroxyl groups excluding tert-OH is 1. The fraction of sp³-hybridized carbons (Fsp3) is 0.381. The van der Waals surface area contributed by atoms with Gasteiger partial charge in [0.15, 0.2) is 0 Å². The molecule has 2 aromatic rings. The first-order chi connectivity index (χ1) is 13.3. The highest BCUT2D eigenvalue weighted by Crippen LogP contribution is 2.21. The van der Waals surface area contributed by atoms with E-state index >= 15 is 0 Å². The van der Waals surface area contributed by atoms with Gasteiger partial charge in [-0.3, -0.25) is 9.52 Å². The van der Waals surface area contributed by atoms with Gasteiger partial charge in [0.1, 0.15) is 0 Å². The molecule has 28 heavy (non-hydrogen) atoms. The van der Waals surface area contributed by atoms with Crippen molar-refractivity contribution in [1.29, 1.82) is 0 Å². The summed E-state index contributed by atoms with van der Waals surface area (Å²) in [6, 6.07) is 11.6. The highest BCUT2D eigenvalue weighted by Gasteiger charge is 2.21. The fourth-order valence-corrected chi connectivity index (χ4v) is 3.95. The largest absolute Gasteiger partial charge is 0.395 e. The van der Waals surface area contributed by atoms with Crippen LogP contribution in [0.2, 0.25) is 0 Å². The normalized spacial score (nSPS) is 11.3. The van der Waals surface area contributed by atoms with Crippen LogP contribution in [0.5, 0.6) is 0 Å². The zero-order valence-electron chi connectivity index (χ0n) is 16.6. The number of aryl methyl sites for hydroxylation is 2. The quantitative estimate of drug-likeness (QED) is 0.671. The van der Waals surface area contributed by atoms with Crippen molar-refractivity contribution in [3.63, 3.8) is 0 Å². The highest BCUT2D eigenvalue weighted by atomic mass is 32.2. The second-order valence-electron chi connectivity index (χ2n) is 6.82. The average molecular weight is 405 g/mol. The molecule has 2 aromatic carbocycles. The molecular weight excluding hydrogens is 376 g/mol. The van der Waals surface area contributed by atoms with Gasteiger partial charge in [0.25, 0.3) is 15.9 Å². The molecule has 0 saturated heterocycles. The minimum Gasteiger partial charge on any atom is -0.395 e.